The molecule has 0 amide bonds. The molecule has 0 saturated carbocycles. The van der Waals surface area contributed by atoms with Crippen LogP contribution in [0.3, 0.4) is 0 Å². The number of para-hydroxylation sites is 2. The predicted molar refractivity (Wildman–Crippen MR) is 97.9 cm³/mol. The third-order valence-electron chi connectivity index (χ3n) is 3.96. The number of hydrogen-bond donors (Lipinski definition) is 0. The highest BCUT2D eigenvalue weighted by molar-refractivity contribution is 5.82. The van der Waals surface area contributed by atoms with Gasteiger partial charge in [-0.2, -0.15) is 0 Å². The average molecular weight is 364 g/mol. The lowest BCUT2D eigenvalue weighted by Crippen LogP contribution is -2.00. The topological polar surface area (TPSA) is 86.5 Å². The molecule has 2 aromatic heterocycles. The normalized spacial score (nSPS) is 11.4. The molecule has 0 fully saturated rings. The van der Waals surface area contributed by atoms with Crippen molar-refractivity contribution in [3.8, 4) is 0 Å². The van der Waals surface area contributed by atoms with Crippen LogP contribution in [0.1, 0.15) is 11.3 Å². The molecule has 27 heavy (non-hydrogen) atoms. The molecule has 7 nitrogen and oxygen atoms in total. The van der Waals surface area contributed by atoms with Crippen molar-refractivity contribution in [3.63, 3.8) is 0 Å². The van der Waals surface area contributed by atoms with E-state index in [4.69, 9.17) is 4.42 Å². The van der Waals surface area contributed by atoms with Crippen molar-refractivity contribution >= 4 is 29.1 Å². The van der Waals surface area contributed by atoms with Gasteiger partial charge in [-0.3, -0.25) is 10.1 Å². The lowest BCUT2D eigenvalue weighted by Gasteiger charge is -2.07. The molecule has 4 rings (SSSR count). The van der Waals surface area contributed by atoms with Gasteiger partial charge in [0.1, 0.15) is 10.7 Å². The van der Waals surface area contributed by atoms with E-state index < -0.39 is 4.92 Å². The molecular formula is C19H13FN4O3. The van der Waals surface area contributed by atoms with Crippen LogP contribution in [0.4, 0.5) is 16.2 Å². The first-order chi connectivity index (χ1) is 13.1. The first-order valence-electron chi connectivity index (χ1n) is 8.08. The van der Waals surface area contributed by atoms with E-state index in [9.17, 15) is 14.5 Å². The molecule has 0 N–H and O–H groups in total. The fourth-order valence-corrected chi connectivity index (χ4v) is 2.77. The van der Waals surface area contributed by atoms with Crippen LogP contribution < -0.4 is 0 Å². The first-order valence-corrected chi connectivity index (χ1v) is 8.08. The summed E-state index contributed by atoms with van der Waals surface area (Å²) in [5, 5.41) is 10.7. The molecule has 134 valence electrons. The maximum absolute atomic E-state index is 13.5. The van der Waals surface area contributed by atoms with Crippen LogP contribution in [-0.4, -0.2) is 20.7 Å². The van der Waals surface area contributed by atoms with Crippen molar-refractivity contribution in [3.05, 3.63) is 87.9 Å². The molecule has 0 aliphatic heterocycles. The summed E-state index contributed by atoms with van der Waals surface area (Å²) in [5.41, 5.74) is 2.36. The minimum absolute atomic E-state index is 0.242. The fraction of sp³-hybridized carbons (Fsp3) is 0.0526. The second kappa shape index (κ2) is 6.83. The minimum atomic E-state index is -0.615. The fourth-order valence-electron chi connectivity index (χ4n) is 2.77. The van der Waals surface area contributed by atoms with Crippen molar-refractivity contribution in [2.24, 2.45) is 4.99 Å². The highest BCUT2D eigenvalue weighted by Crippen LogP contribution is 2.24. The predicted octanol–water partition coefficient (Wildman–Crippen LogP) is 4.48. The molecule has 2 aromatic carbocycles. The summed E-state index contributed by atoms with van der Waals surface area (Å²) in [6, 6.07) is 16.5. The van der Waals surface area contributed by atoms with E-state index in [1.165, 1.54) is 30.5 Å². The zero-order valence-corrected chi connectivity index (χ0v) is 13.9. The molecule has 0 bridgehead atoms. The Kier molecular flexibility index (Phi) is 4.21. The Bertz CT molecular complexity index is 1160. The Balaban J connectivity index is 1.73. The highest BCUT2D eigenvalue weighted by Gasteiger charge is 2.12. The van der Waals surface area contributed by atoms with Gasteiger partial charge in [-0.15, -0.1) is 0 Å². The number of aromatic nitrogens is 2. The largest absolute Gasteiger partial charge is 0.433 e. The van der Waals surface area contributed by atoms with Gasteiger partial charge in [0.05, 0.1) is 29.9 Å². The summed E-state index contributed by atoms with van der Waals surface area (Å²) in [6.07, 6.45) is 1.37. The van der Waals surface area contributed by atoms with Gasteiger partial charge in [-0.1, -0.05) is 24.3 Å². The van der Waals surface area contributed by atoms with Crippen molar-refractivity contribution in [1.29, 1.82) is 0 Å². The van der Waals surface area contributed by atoms with Gasteiger partial charge in [0.2, 0.25) is 5.95 Å². The number of benzene rings is 2. The van der Waals surface area contributed by atoms with E-state index in [2.05, 4.69) is 9.98 Å². The summed E-state index contributed by atoms with van der Waals surface area (Å²) in [4.78, 5) is 18.9. The SMILES string of the molecule is O=[N+]([O-])c1ccc(/C=N/c2nc3ccccc3n2Cc2cccc(F)c2)o1. The zero-order chi connectivity index (χ0) is 18.8. The van der Waals surface area contributed by atoms with E-state index in [-0.39, 0.29) is 17.5 Å². The first kappa shape index (κ1) is 16.6. The number of nitro groups is 1. The van der Waals surface area contributed by atoms with Gasteiger partial charge in [-0.25, -0.2) is 14.4 Å². The summed E-state index contributed by atoms with van der Waals surface area (Å²) in [7, 11) is 0. The van der Waals surface area contributed by atoms with Gasteiger partial charge in [0.15, 0.2) is 5.76 Å². The smallest absolute Gasteiger partial charge is 0.400 e. The number of hydrogen-bond acceptors (Lipinski definition) is 5. The molecule has 0 unspecified atom stereocenters. The van der Waals surface area contributed by atoms with Gasteiger partial charge < -0.3 is 8.98 Å². The second-order valence-electron chi connectivity index (χ2n) is 5.81. The number of halogens is 1. The third kappa shape index (κ3) is 3.45. The van der Waals surface area contributed by atoms with E-state index in [0.717, 1.165) is 16.6 Å². The summed E-state index contributed by atoms with van der Waals surface area (Å²) < 4.78 is 20.5. The zero-order valence-electron chi connectivity index (χ0n) is 13.9. The van der Waals surface area contributed by atoms with Crippen LogP contribution >= 0.6 is 0 Å². The van der Waals surface area contributed by atoms with Gasteiger partial charge >= 0.3 is 5.88 Å². The maximum Gasteiger partial charge on any atom is 0.433 e. The van der Waals surface area contributed by atoms with Crippen LogP contribution in [0, 0.1) is 15.9 Å². The minimum Gasteiger partial charge on any atom is -0.400 e. The van der Waals surface area contributed by atoms with Crippen LogP contribution in [0.15, 0.2) is 70.1 Å². The molecule has 0 atom stereocenters. The molecule has 0 saturated heterocycles. The lowest BCUT2D eigenvalue weighted by molar-refractivity contribution is -0.402. The molecule has 0 radical (unpaired) electrons. The average Bonchev–Trinajstić information content (AvgIpc) is 3.25. The van der Waals surface area contributed by atoms with Crippen LogP contribution in [-0.2, 0) is 6.54 Å². The van der Waals surface area contributed by atoms with E-state index in [1.54, 1.807) is 6.07 Å². The Morgan fingerprint density at radius 2 is 2.04 bits per heavy atom. The third-order valence-corrected chi connectivity index (χ3v) is 3.96. The van der Waals surface area contributed by atoms with Gasteiger partial charge in [-0.05, 0) is 35.9 Å². The maximum atomic E-state index is 13.5. The lowest BCUT2D eigenvalue weighted by atomic mass is 10.2. The Hall–Kier alpha value is -3.81. The van der Waals surface area contributed by atoms with E-state index in [0.29, 0.717) is 12.5 Å². The summed E-state index contributed by atoms with van der Waals surface area (Å²) in [6.45, 7) is 0.378. The van der Waals surface area contributed by atoms with Crippen LogP contribution in [0.5, 0.6) is 0 Å². The highest BCUT2D eigenvalue weighted by atomic mass is 19.1. The quantitative estimate of drug-likeness (QED) is 0.297. The number of furan rings is 1. The molecule has 0 aliphatic rings. The summed E-state index contributed by atoms with van der Waals surface area (Å²) in [5.74, 6) is -0.0415. The second-order valence-corrected chi connectivity index (χ2v) is 5.81. The molecular weight excluding hydrogens is 351 g/mol. The number of rotatable bonds is 5. The van der Waals surface area contributed by atoms with E-state index in [1.807, 2.05) is 34.9 Å². The molecule has 4 aromatic rings. The van der Waals surface area contributed by atoms with Crippen molar-refractivity contribution < 1.29 is 13.7 Å². The van der Waals surface area contributed by atoms with Gasteiger partial charge in [0.25, 0.3) is 0 Å². The van der Waals surface area contributed by atoms with Gasteiger partial charge in [0, 0.05) is 0 Å². The van der Waals surface area contributed by atoms with Crippen molar-refractivity contribution in [2.75, 3.05) is 0 Å². The van der Waals surface area contributed by atoms with Crippen molar-refractivity contribution in [2.45, 2.75) is 6.54 Å². The number of nitrogens with zero attached hydrogens (tertiary/aromatic N) is 4. The van der Waals surface area contributed by atoms with Crippen molar-refractivity contribution in [1.82, 2.24) is 9.55 Å². The van der Waals surface area contributed by atoms with E-state index >= 15 is 0 Å². The Labute approximate surface area is 152 Å². The molecule has 0 aliphatic carbocycles. The Morgan fingerprint density at radius 1 is 1.19 bits per heavy atom. The van der Waals surface area contributed by atoms with Crippen LogP contribution in [0.25, 0.3) is 11.0 Å². The number of aliphatic imine (C=N–C) groups is 1. The molecule has 0 spiro atoms. The molecule has 2 heterocycles. The monoisotopic (exact) mass is 364 g/mol. The molecule has 8 heteroatoms. The number of fused-ring (bicyclic) bond motifs is 1. The number of imidazole rings is 1. The van der Waals surface area contributed by atoms with Crippen LogP contribution in [0.2, 0.25) is 0 Å². The standard InChI is InChI=1S/C19H13FN4O3/c20-14-5-3-4-13(10-14)12-23-17-7-2-1-6-16(17)22-19(23)21-11-15-8-9-18(27-15)24(25)26/h1-11H,12H2/b21-11+. The Morgan fingerprint density at radius 3 is 2.81 bits per heavy atom. The summed E-state index contributed by atoms with van der Waals surface area (Å²) >= 11 is 0.